The molecule has 0 spiro atoms. The van der Waals surface area contributed by atoms with Gasteiger partial charge >= 0.3 is 0 Å². The highest BCUT2D eigenvalue weighted by Crippen LogP contribution is 2.36. The van der Waals surface area contributed by atoms with Crippen molar-refractivity contribution in [1.29, 1.82) is 0 Å². The summed E-state index contributed by atoms with van der Waals surface area (Å²) in [4.78, 5) is 0. The quantitative estimate of drug-likeness (QED) is 0.636. The third kappa shape index (κ3) is 1.15. The molecule has 14 heavy (non-hydrogen) atoms. The molecular weight excluding hydrogens is 192 g/mol. The first-order valence-electron chi connectivity index (χ1n) is 4.72. The van der Waals surface area contributed by atoms with E-state index in [2.05, 4.69) is 22.9 Å². The van der Waals surface area contributed by atoms with Crippen LogP contribution in [0.5, 0.6) is 5.75 Å². The van der Waals surface area contributed by atoms with Crippen molar-refractivity contribution in [3.63, 3.8) is 0 Å². The highest BCUT2D eigenvalue weighted by Gasteiger charge is 2.14. The maximum absolute atomic E-state index is 5.69. The minimum Gasteiger partial charge on any atom is -0.493 e. The normalized spacial score (nSPS) is 13.7. The zero-order chi connectivity index (χ0) is 9.38. The van der Waals surface area contributed by atoms with Crippen LogP contribution in [0.25, 0.3) is 11.1 Å². The van der Waals surface area contributed by atoms with Gasteiger partial charge in [0.1, 0.15) is 5.75 Å². The van der Waals surface area contributed by atoms with Gasteiger partial charge in [-0.25, -0.2) is 0 Å². The predicted octanol–water partition coefficient (Wildman–Crippen LogP) is 3.35. The van der Waals surface area contributed by atoms with Crippen LogP contribution >= 0.6 is 11.3 Å². The summed E-state index contributed by atoms with van der Waals surface area (Å²) < 4.78 is 5.69. The summed E-state index contributed by atoms with van der Waals surface area (Å²) in [5, 5.41) is 4.43. The molecule has 1 aromatic heterocycles. The molecule has 0 atom stereocenters. The summed E-state index contributed by atoms with van der Waals surface area (Å²) in [5.74, 6) is 1.02. The molecule has 2 heteroatoms. The Morgan fingerprint density at radius 2 is 2.00 bits per heavy atom. The Bertz CT molecular complexity index is 459. The van der Waals surface area contributed by atoms with E-state index < -0.39 is 0 Å². The minimum absolute atomic E-state index is 0.792. The van der Waals surface area contributed by atoms with Crippen molar-refractivity contribution >= 4 is 11.3 Å². The van der Waals surface area contributed by atoms with E-state index >= 15 is 0 Å². The van der Waals surface area contributed by atoms with Gasteiger partial charge in [0.2, 0.25) is 0 Å². The summed E-state index contributed by atoms with van der Waals surface area (Å²) >= 11 is 1.77. The lowest BCUT2D eigenvalue weighted by atomic mass is 10.0. The number of benzene rings is 1. The number of hydrogen-bond acceptors (Lipinski definition) is 2. The molecule has 0 bridgehead atoms. The Kier molecular flexibility index (Phi) is 1.81. The smallest absolute Gasteiger partial charge is 0.127 e. The second kappa shape index (κ2) is 3.14. The zero-order valence-corrected chi connectivity index (χ0v) is 8.51. The number of ether oxygens (including phenoxy) is 1. The molecule has 1 nitrogen and oxygen atoms in total. The molecule has 70 valence electrons. The van der Waals surface area contributed by atoms with E-state index in [1.807, 2.05) is 12.1 Å². The Balaban J connectivity index is 2.27. The number of rotatable bonds is 0. The molecule has 3 rings (SSSR count). The van der Waals surface area contributed by atoms with Crippen LogP contribution < -0.4 is 4.74 Å². The van der Waals surface area contributed by atoms with Gasteiger partial charge in [0.15, 0.2) is 0 Å². The fourth-order valence-electron chi connectivity index (χ4n) is 1.84. The third-order valence-corrected chi connectivity index (χ3v) is 3.34. The Morgan fingerprint density at radius 1 is 1.07 bits per heavy atom. The molecule has 1 aromatic carbocycles. The van der Waals surface area contributed by atoms with Gasteiger partial charge in [0.05, 0.1) is 6.61 Å². The molecule has 1 aliphatic rings. The highest BCUT2D eigenvalue weighted by atomic mass is 32.1. The molecule has 1 aliphatic heterocycles. The van der Waals surface area contributed by atoms with E-state index in [1.54, 1.807) is 11.3 Å². The van der Waals surface area contributed by atoms with Crippen molar-refractivity contribution in [3.05, 3.63) is 40.6 Å². The average molecular weight is 202 g/mol. The van der Waals surface area contributed by atoms with Crippen LogP contribution in [0.4, 0.5) is 0 Å². The van der Waals surface area contributed by atoms with E-state index in [-0.39, 0.29) is 0 Å². The molecule has 0 saturated carbocycles. The lowest BCUT2D eigenvalue weighted by molar-refractivity contribution is 0.326. The first kappa shape index (κ1) is 8.06. The molecule has 0 aliphatic carbocycles. The zero-order valence-electron chi connectivity index (χ0n) is 7.69. The standard InChI is InChI=1S/C12H10OS/c1-2-4-12-10(3-1)11-8-14-7-9(11)5-6-13-12/h1-4,7-8H,5-6H2. The van der Waals surface area contributed by atoms with Crippen LogP contribution in [0.1, 0.15) is 5.56 Å². The maximum atomic E-state index is 5.69. The highest BCUT2D eigenvalue weighted by molar-refractivity contribution is 7.08. The molecular formula is C12H10OS. The molecule has 0 amide bonds. The van der Waals surface area contributed by atoms with Gasteiger partial charge in [-0.1, -0.05) is 18.2 Å². The average Bonchev–Trinajstić information content (AvgIpc) is 2.61. The molecule has 0 N–H and O–H groups in total. The summed E-state index contributed by atoms with van der Waals surface area (Å²) in [6.45, 7) is 0.792. The summed E-state index contributed by atoms with van der Waals surface area (Å²) in [5.41, 5.74) is 4.00. The van der Waals surface area contributed by atoms with Crippen LogP contribution in [-0.4, -0.2) is 6.61 Å². The summed E-state index contributed by atoms with van der Waals surface area (Å²) in [7, 11) is 0. The van der Waals surface area contributed by atoms with Crippen LogP contribution in [0.3, 0.4) is 0 Å². The Morgan fingerprint density at radius 3 is 3.00 bits per heavy atom. The fourth-order valence-corrected chi connectivity index (χ4v) is 2.73. The minimum atomic E-state index is 0.792. The van der Waals surface area contributed by atoms with E-state index in [1.165, 1.54) is 16.7 Å². The Hall–Kier alpha value is -1.28. The SMILES string of the molecule is c1ccc2c(c1)OCCc1cscc1-2. The van der Waals surface area contributed by atoms with Gasteiger partial charge in [-0.05, 0) is 28.0 Å². The second-order valence-corrected chi connectivity index (χ2v) is 4.15. The molecule has 0 unspecified atom stereocenters. The first-order chi connectivity index (χ1) is 6.95. The van der Waals surface area contributed by atoms with Crippen LogP contribution in [-0.2, 0) is 6.42 Å². The number of hydrogen-bond donors (Lipinski definition) is 0. The van der Waals surface area contributed by atoms with Crippen molar-refractivity contribution in [1.82, 2.24) is 0 Å². The molecule has 2 heterocycles. The van der Waals surface area contributed by atoms with Crippen molar-refractivity contribution in [3.8, 4) is 16.9 Å². The topological polar surface area (TPSA) is 9.23 Å². The molecule has 0 saturated heterocycles. The largest absolute Gasteiger partial charge is 0.493 e. The van der Waals surface area contributed by atoms with Crippen molar-refractivity contribution in [2.45, 2.75) is 6.42 Å². The van der Waals surface area contributed by atoms with Gasteiger partial charge in [-0.2, -0.15) is 11.3 Å². The van der Waals surface area contributed by atoms with Gasteiger partial charge < -0.3 is 4.74 Å². The second-order valence-electron chi connectivity index (χ2n) is 3.41. The summed E-state index contributed by atoms with van der Waals surface area (Å²) in [6.07, 6.45) is 1.02. The first-order valence-corrected chi connectivity index (χ1v) is 5.67. The van der Waals surface area contributed by atoms with E-state index in [0.29, 0.717) is 0 Å². The Labute approximate surface area is 87.0 Å². The van der Waals surface area contributed by atoms with Gasteiger partial charge in [-0.3, -0.25) is 0 Å². The number of para-hydroxylation sites is 1. The number of thiophene rings is 1. The third-order valence-electron chi connectivity index (χ3n) is 2.55. The lowest BCUT2D eigenvalue weighted by Gasteiger charge is -2.05. The van der Waals surface area contributed by atoms with Crippen molar-refractivity contribution in [2.24, 2.45) is 0 Å². The predicted molar refractivity (Wildman–Crippen MR) is 59.0 cm³/mol. The van der Waals surface area contributed by atoms with Crippen molar-refractivity contribution in [2.75, 3.05) is 6.61 Å². The van der Waals surface area contributed by atoms with E-state index in [9.17, 15) is 0 Å². The van der Waals surface area contributed by atoms with Gasteiger partial charge in [0, 0.05) is 12.0 Å². The molecule has 2 aromatic rings. The van der Waals surface area contributed by atoms with E-state index in [0.717, 1.165) is 18.8 Å². The van der Waals surface area contributed by atoms with E-state index in [4.69, 9.17) is 4.74 Å². The maximum Gasteiger partial charge on any atom is 0.127 e. The van der Waals surface area contributed by atoms with Crippen LogP contribution in [0.2, 0.25) is 0 Å². The molecule has 0 fully saturated rings. The fraction of sp³-hybridized carbons (Fsp3) is 0.167. The lowest BCUT2D eigenvalue weighted by Crippen LogP contribution is -1.97. The van der Waals surface area contributed by atoms with Gasteiger partial charge in [-0.15, -0.1) is 0 Å². The molecule has 0 radical (unpaired) electrons. The van der Waals surface area contributed by atoms with Gasteiger partial charge in [0.25, 0.3) is 0 Å². The van der Waals surface area contributed by atoms with Crippen LogP contribution in [0.15, 0.2) is 35.0 Å². The van der Waals surface area contributed by atoms with Crippen LogP contribution in [0, 0.1) is 0 Å². The number of fused-ring (bicyclic) bond motifs is 3. The van der Waals surface area contributed by atoms with Crippen molar-refractivity contribution < 1.29 is 4.74 Å². The summed E-state index contributed by atoms with van der Waals surface area (Å²) in [6, 6.07) is 8.26. The monoisotopic (exact) mass is 202 g/mol.